The highest BCUT2D eigenvalue weighted by atomic mass is 19.2. The van der Waals surface area contributed by atoms with Gasteiger partial charge in [0.1, 0.15) is 6.54 Å². The Morgan fingerprint density at radius 1 is 1.07 bits per heavy atom. The fraction of sp³-hybridized carbons (Fsp3) is 0.150. The minimum absolute atomic E-state index is 0.0626. The van der Waals surface area contributed by atoms with Gasteiger partial charge in [-0.3, -0.25) is 14.3 Å². The molecule has 0 saturated carbocycles. The molecule has 3 aromatic heterocycles. The van der Waals surface area contributed by atoms with Gasteiger partial charge in [0.2, 0.25) is 0 Å². The first-order valence-corrected chi connectivity index (χ1v) is 8.82. The zero-order chi connectivity index (χ0) is 21.6. The van der Waals surface area contributed by atoms with E-state index in [9.17, 15) is 23.6 Å². The molecule has 10 heteroatoms. The number of benzene rings is 1. The first-order valence-electron chi connectivity index (χ1n) is 8.82. The third-order valence-corrected chi connectivity index (χ3v) is 4.74. The zero-order valence-corrected chi connectivity index (χ0v) is 15.9. The molecule has 0 fully saturated rings. The van der Waals surface area contributed by atoms with Gasteiger partial charge < -0.3 is 0 Å². The van der Waals surface area contributed by atoms with Crippen LogP contribution in [0.4, 0.5) is 8.78 Å². The van der Waals surface area contributed by atoms with Gasteiger partial charge in [0.15, 0.2) is 17.3 Å². The number of aryl methyl sites for hydroxylation is 1. The number of halogens is 2. The molecule has 150 valence electrons. The van der Waals surface area contributed by atoms with E-state index in [-0.39, 0.29) is 34.5 Å². The van der Waals surface area contributed by atoms with Crippen LogP contribution in [-0.2, 0) is 6.54 Å². The van der Waals surface area contributed by atoms with E-state index in [0.717, 1.165) is 31.5 Å². The van der Waals surface area contributed by atoms with Crippen molar-refractivity contribution in [3.05, 3.63) is 80.5 Å². The smallest absolute Gasteiger partial charge is 0.282 e. The summed E-state index contributed by atoms with van der Waals surface area (Å²) in [4.78, 5) is 30.4. The van der Waals surface area contributed by atoms with Crippen LogP contribution in [-0.4, -0.2) is 23.9 Å². The van der Waals surface area contributed by atoms with Crippen molar-refractivity contribution in [2.75, 3.05) is 0 Å². The normalized spacial score (nSPS) is 11.0. The largest absolute Gasteiger partial charge is 0.336 e. The zero-order valence-electron chi connectivity index (χ0n) is 15.9. The van der Waals surface area contributed by atoms with Gasteiger partial charge in [-0.05, 0) is 31.5 Å². The standard InChI is InChI=1S/C20H14F2N6O2/c1-11-5-14(10-24-8-11)27-19(29)18(12(2)26(4-3-23)20(27)30)28-17-7-16(22)15(21)6-13(17)9-25-28/h5-10H,4H2,1-2H3. The lowest BCUT2D eigenvalue weighted by Crippen LogP contribution is -2.42. The molecule has 4 aromatic rings. The third kappa shape index (κ3) is 2.88. The van der Waals surface area contributed by atoms with Gasteiger partial charge in [-0.1, -0.05) is 0 Å². The molecule has 0 unspecified atom stereocenters. The molecule has 3 heterocycles. The topological polar surface area (TPSA) is 98.5 Å². The number of nitrogens with zero attached hydrogens (tertiary/aromatic N) is 6. The van der Waals surface area contributed by atoms with Gasteiger partial charge in [-0.15, -0.1) is 0 Å². The Hall–Kier alpha value is -4.13. The predicted octanol–water partition coefficient (Wildman–Crippen LogP) is 2.15. The highest BCUT2D eigenvalue weighted by Gasteiger charge is 2.22. The van der Waals surface area contributed by atoms with E-state index < -0.39 is 22.9 Å². The Balaban J connectivity index is 2.14. The van der Waals surface area contributed by atoms with E-state index in [1.54, 1.807) is 19.2 Å². The molecule has 0 aliphatic heterocycles. The summed E-state index contributed by atoms with van der Waals surface area (Å²) in [6, 6.07) is 5.39. The molecule has 0 amide bonds. The summed E-state index contributed by atoms with van der Waals surface area (Å²) >= 11 is 0. The Bertz CT molecular complexity index is 1480. The molecular weight excluding hydrogens is 394 g/mol. The molecular formula is C20H14F2N6O2. The second-order valence-electron chi connectivity index (χ2n) is 6.70. The summed E-state index contributed by atoms with van der Waals surface area (Å²) in [5.41, 5.74) is -0.269. The van der Waals surface area contributed by atoms with Crippen LogP contribution in [0.25, 0.3) is 22.3 Å². The predicted molar refractivity (Wildman–Crippen MR) is 104 cm³/mol. The molecule has 0 N–H and O–H groups in total. The summed E-state index contributed by atoms with van der Waals surface area (Å²) < 4.78 is 30.6. The first kappa shape index (κ1) is 19.2. The van der Waals surface area contributed by atoms with Gasteiger partial charge in [0.25, 0.3) is 5.56 Å². The molecule has 30 heavy (non-hydrogen) atoms. The second kappa shape index (κ2) is 7.04. The molecule has 0 radical (unpaired) electrons. The van der Waals surface area contributed by atoms with Gasteiger partial charge in [0, 0.05) is 17.6 Å². The van der Waals surface area contributed by atoms with Crippen LogP contribution in [0, 0.1) is 36.8 Å². The van der Waals surface area contributed by atoms with Crippen molar-refractivity contribution in [3.8, 4) is 17.4 Å². The van der Waals surface area contributed by atoms with Gasteiger partial charge >= 0.3 is 5.69 Å². The molecule has 4 rings (SSSR count). The molecule has 1 aromatic carbocycles. The van der Waals surface area contributed by atoms with Crippen molar-refractivity contribution in [1.29, 1.82) is 5.26 Å². The minimum Gasteiger partial charge on any atom is -0.282 e. The van der Waals surface area contributed by atoms with E-state index in [1.165, 1.54) is 19.3 Å². The number of hydrogen-bond donors (Lipinski definition) is 0. The van der Waals surface area contributed by atoms with Crippen LogP contribution in [0.5, 0.6) is 0 Å². The monoisotopic (exact) mass is 408 g/mol. The van der Waals surface area contributed by atoms with Crippen molar-refractivity contribution in [3.63, 3.8) is 0 Å². The maximum atomic E-state index is 13.9. The van der Waals surface area contributed by atoms with Gasteiger partial charge in [0.05, 0.1) is 35.4 Å². The summed E-state index contributed by atoms with van der Waals surface area (Å²) in [6.45, 7) is 2.92. The van der Waals surface area contributed by atoms with Crippen molar-refractivity contribution in [2.24, 2.45) is 0 Å². The van der Waals surface area contributed by atoms with Crippen molar-refractivity contribution < 1.29 is 8.78 Å². The van der Waals surface area contributed by atoms with E-state index in [0.29, 0.717) is 0 Å². The number of aromatic nitrogens is 5. The van der Waals surface area contributed by atoms with E-state index in [4.69, 9.17) is 0 Å². The molecule has 0 spiro atoms. The van der Waals surface area contributed by atoms with Crippen molar-refractivity contribution in [1.82, 2.24) is 23.9 Å². The van der Waals surface area contributed by atoms with Crippen molar-refractivity contribution in [2.45, 2.75) is 20.4 Å². The summed E-state index contributed by atoms with van der Waals surface area (Å²) in [7, 11) is 0. The average Bonchev–Trinajstić information content (AvgIpc) is 3.08. The Kier molecular flexibility index (Phi) is 4.50. The number of fused-ring (bicyclic) bond motifs is 1. The highest BCUT2D eigenvalue weighted by Crippen LogP contribution is 2.21. The summed E-state index contributed by atoms with van der Waals surface area (Å²) in [5.74, 6) is -2.15. The lowest BCUT2D eigenvalue weighted by Gasteiger charge is -2.16. The number of hydrogen-bond acceptors (Lipinski definition) is 5. The molecule has 0 atom stereocenters. The molecule has 0 saturated heterocycles. The number of nitriles is 1. The van der Waals surface area contributed by atoms with E-state index in [1.807, 2.05) is 6.07 Å². The van der Waals surface area contributed by atoms with Crippen LogP contribution in [0.3, 0.4) is 0 Å². The van der Waals surface area contributed by atoms with Gasteiger partial charge in [-0.25, -0.2) is 22.8 Å². The van der Waals surface area contributed by atoms with E-state index >= 15 is 0 Å². The number of rotatable bonds is 3. The van der Waals surface area contributed by atoms with Crippen LogP contribution in [0.2, 0.25) is 0 Å². The van der Waals surface area contributed by atoms with Crippen molar-refractivity contribution >= 4 is 10.9 Å². The van der Waals surface area contributed by atoms with Crippen LogP contribution >= 0.6 is 0 Å². The molecule has 0 aliphatic rings. The quantitative estimate of drug-likeness (QED) is 0.517. The van der Waals surface area contributed by atoms with Crippen LogP contribution in [0.15, 0.2) is 46.4 Å². The third-order valence-electron chi connectivity index (χ3n) is 4.74. The van der Waals surface area contributed by atoms with Crippen LogP contribution < -0.4 is 11.2 Å². The van der Waals surface area contributed by atoms with Gasteiger partial charge in [-0.2, -0.15) is 10.4 Å². The molecule has 0 aliphatic carbocycles. The lowest BCUT2D eigenvalue weighted by atomic mass is 10.2. The first-order chi connectivity index (χ1) is 14.3. The summed E-state index contributed by atoms with van der Waals surface area (Å²) in [5, 5.41) is 13.6. The van der Waals surface area contributed by atoms with E-state index in [2.05, 4.69) is 10.1 Å². The molecule has 0 bridgehead atoms. The Morgan fingerprint density at radius 2 is 1.80 bits per heavy atom. The minimum atomic E-state index is -1.10. The maximum Gasteiger partial charge on any atom is 0.336 e. The fourth-order valence-corrected chi connectivity index (χ4v) is 3.33. The SMILES string of the molecule is Cc1cncc(-n2c(=O)c(-n3ncc4cc(F)c(F)cc43)c(C)n(CC#N)c2=O)c1. The molecule has 8 nitrogen and oxygen atoms in total. The lowest BCUT2D eigenvalue weighted by molar-refractivity contribution is 0.510. The summed E-state index contributed by atoms with van der Waals surface area (Å²) in [6.07, 6.45) is 4.20. The van der Waals surface area contributed by atoms with Crippen LogP contribution in [0.1, 0.15) is 11.3 Å². The fourth-order valence-electron chi connectivity index (χ4n) is 3.33. The highest BCUT2D eigenvalue weighted by molar-refractivity contribution is 5.80. The second-order valence-corrected chi connectivity index (χ2v) is 6.70. The Labute approximate surface area is 167 Å². The maximum absolute atomic E-state index is 13.9. The average molecular weight is 408 g/mol. The number of pyridine rings is 1. The Morgan fingerprint density at radius 3 is 2.50 bits per heavy atom.